The Balaban J connectivity index is 1.63. The van der Waals surface area contributed by atoms with E-state index < -0.39 is 0 Å². The fourth-order valence-corrected chi connectivity index (χ4v) is 3.86. The van der Waals surface area contributed by atoms with Crippen LogP contribution < -0.4 is 0 Å². The highest BCUT2D eigenvalue weighted by Gasteiger charge is 2.24. The lowest BCUT2D eigenvalue weighted by Gasteiger charge is -2.10. The highest BCUT2D eigenvalue weighted by molar-refractivity contribution is 8.00. The maximum Gasteiger partial charge on any atom is 0.214 e. The molecule has 2 heterocycles. The topological polar surface area (TPSA) is 76.5 Å². The highest BCUT2D eigenvalue weighted by Crippen LogP contribution is 2.29. The molecule has 4 rings (SSSR count). The minimum atomic E-state index is -0.318. The first-order chi connectivity index (χ1) is 12.6. The number of Topliss-reactive ketones (excluding diaryl/α,β-unsaturated/α-hetero) is 1. The minimum absolute atomic E-state index is 0.0626. The average Bonchev–Trinajstić information content (AvgIpc) is 3.25. The van der Waals surface area contributed by atoms with Gasteiger partial charge in [0.1, 0.15) is 0 Å². The molecule has 7 heteroatoms. The molecule has 4 aromatic rings. The van der Waals surface area contributed by atoms with Crippen LogP contribution in [-0.2, 0) is 0 Å². The maximum atomic E-state index is 13.1. The quantitative estimate of drug-likeness (QED) is 0.431. The predicted octanol–water partition coefficient (Wildman–Crippen LogP) is 3.82. The number of rotatable bonds is 5. The Morgan fingerprint density at radius 1 is 1.12 bits per heavy atom. The lowest BCUT2D eigenvalue weighted by molar-refractivity contribution is 0.0995. The van der Waals surface area contributed by atoms with Gasteiger partial charge in [-0.05, 0) is 42.5 Å². The molecule has 2 aromatic carbocycles. The summed E-state index contributed by atoms with van der Waals surface area (Å²) in [4.78, 5) is 16.4. The number of nitrogens with zero attached hydrogens (tertiary/aromatic N) is 4. The van der Waals surface area contributed by atoms with Crippen molar-refractivity contribution in [1.29, 1.82) is 0 Å². The standard InChI is InChI=1S/C19H17N5OS/c1-12-17(15-10-6-7-11-16(15)20-12)18(25)13(2)26-19-21-22-23-24(19)14-8-4-3-5-9-14/h3-11,13,20H,1-2H3. The van der Waals surface area contributed by atoms with Crippen LogP contribution in [0.15, 0.2) is 59.8 Å². The number of thioether (sulfide) groups is 1. The number of aromatic amines is 1. The van der Waals surface area contributed by atoms with Gasteiger partial charge in [0, 0.05) is 22.2 Å². The number of H-pyrrole nitrogens is 1. The Morgan fingerprint density at radius 2 is 1.85 bits per heavy atom. The lowest BCUT2D eigenvalue weighted by atomic mass is 10.1. The van der Waals surface area contributed by atoms with E-state index in [9.17, 15) is 4.79 Å². The number of ketones is 1. The SMILES string of the molecule is Cc1[nH]c2ccccc2c1C(=O)C(C)Sc1nnnn1-c1ccccc1. The van der Waals surface area contributed by atoms with Crippen molar-refractivity contribution in [3.8, 4) is 5.69 Å². The summed E-state index contributed by atoms with van der Waals surface area (Å²) in [7, 11) is 0. The second kappa shape index (κ2) is 6.76. The number of carbonyl (C=O) groups is 1. The summed E-state index contributed by atoms with van der Waals surface area (Å²) in [6.45, 7) is 3.82. The number of tetrazole rings is 1. The van der Waals surface area contributed by atoms with Crippen molar-refractivity contribution in [2.75, 3.05) is 0 Å². The van der Waals surface area contributed by atoms with Gasteiger partial charge in [-0.1, -0.05) is 48.2 Å². The number of para-hydroxylation sites is 2. The summed E-state index contributed by atoms with van der Waals surface area (Å²) in [6, 6.07) is 17.5. The molecule has 0 aliphatic rings. The van der Waals surface area contributed by atoms with E-state index in [0.29, 0.717) is 5.16 Å². The summed E-state index contributed by atoms with van der Waals surface area (Å²) >= 11 is 1.36. The molecule has 0 saturated heterocycles. The van der Waals surface area contributed by atoms with Crippen molar-refractivity contribution in [2.45, 2.75) is 24.3 Å². The summed E-state index contributed by atoms with van der Waals surface area (Å²) in [6.07, 6.45) is 0. The van der Waals surface area contributed by atoms with Gasteiger partial charge in [-0.3, -0.25) is 4.79 Å². The molecule has 0 radical (unpaired) electrons. The molecule has 2 aromatic heterocycles. The van der Waals surface area contributed by atoms with E-state index in [2.05, 4.69) is 20.5 Å². The summed E-state index contributed by atoms with van der Waals surface area (Å²) in [5.41, 5.74) is 3.45. The van der Waals surface area contributed by atoms with E-state index >= 15 is 0 Å². The second-order valence-electron chi connectivity index (χ2n) is 6.00. The van der Waals surface area contributed by atoms with Crippen molar-refractivity contribution in [2.24, 2.45) is 0 Å². The second-order valence-corrected chi connectivity index (χ2v) is 7.31. The molecule has 1 N–H and O–H groups in total. The lowest BCUT2D eigenvalue weighted by Crippen LogP contribution is -2.15. The van der Waals surface area contributed by atoms with Crippen molar-refractivity contribution >= 4 is 28.4 Å². The molecule has 0 aliphatic heterocycles. The zero-order chi connectivity index (χ0) is 18.1. The molecule has 1 unspecified atom stereocenters. The van der Waals surface area contributed by atoms with Crippen molar-refractivity contribution in [1.82, 2.24) is 25.2 Å². The molecule has 26 heavy (non-hydrogen) atoms. The van der Waals surface area contributed by atoms with Crippen LogP contribution in [0, 0.1) is 6.92 Å². The Bertz CT molecular complexity index is 1070. The molecular formula is C19H17N5OS. The zero-order valence-corrected chi connectivity index (χ0v) is 15.2. The first kappa shape index (κ1) is 16.5. The molecule has 0 fully saturated rings. The van der Waals surface area contributed by atoms with Gasteiger partial charge >= 0.3 is 0 Å². The van der Waals surface area contributed by atoms with Crippen LogP contribution in [0.2, 0.25) is 0 Å². The van der Waals surface area contributed by atoms with E-state index in [-0.39, 0.29) is 11.0 Å². The Morgan fingerprint density at radius 3 is 2.65 bits per heavy atom. The smallest absolute Gasteiger partial charge is 0.214 e. The molecule has 0 spiro atoms. The van der Waals surface area contributed by atoms with E-state index in [0.717, 1.165) is 27.8 Å². The maximum absolute atomic E-state index is 13.1. The van der Waals surface area contributed by atoms with Gasteiger partial charge < -0.3 is 4.98 Å². The fraction of sp³-hybridized carbons (Fsp3) is 0.158. The van der Waals surface area contributed by atoms with Crippen LogP contribution in [0.1, 0.15) is 23.0 Å². The third-order valence-electron chi connectivity index (χ3n) is 4.23. The van der Waals surface area contributed by atoms with Gasteiger partial charge in [-0.15, -0.1) is 5.10 Å². The van der Waals surface area contributed by atoms with Crippen LogP contribution in [0.25, 0.3) is 16.6 Å². The number of hydrogen-bond donors (Lipinski definition) is 1. The van der Waals surface area contributed by atoms with Crippen LogP contribution in [0.5, 0.6) is 0 Å². The van der Waals surface area contributed by atoms with Gasteiger partial charge in [0.05, 0.1) is 10.9 Å². The third kappa shape index (κ3) is 2.90. The van der Waals surface area contributed by atoms with Crippen LogP contribution in [0.4, 0.5) is 0 Å². The van der Waals surface area contributed by atoms with E-state index in [1.807, 2.05) is 68.4 Å². The summed E-state index contributed by atoms with van der Waals surface area (Å²) in [5.74, 6) is 0.0626. The summed E-state index contributed by atoms with van der Waals surface area (Å²) in [5, 5.41) is 13.1. The molecule has 130 valence electrons. The highest BCUT2D eigenvalue weighted by atomic mass is 32.2. The van der Waals surface area contributed by atoms with Crippen LogP contribution >= 0.6 is 11.8 Å². The van der Waals surface area contributed by atoms with E-state index in [4.69, 9.17) is 0 Å². The number of aromatic nitrogens is 5. The molecule has 0 saturated carbocycles. The largest absolute Gasteiger partial charge is 0.358 e. The number of benzene rings is 2. The normalized spacial score (nSPS) is 12.4. The predicted molar refractivity (Wildman–Crippen MR) is 102 cm³/mol. The molecule has 0 bridgehead atoms. The number of nitrogens with one attached hydrogen (secondary N) is 1. The van der Waals surface area contributed by atoms with Crippen molar-refractivity contribution in [3.63, 3.8) is 0 Å². The Labute approximate surface area is 154 Å². The monoisotopic (exact) mass is 363 g/mol. The van der Waals surface area contributed by atoms with E-state index in [1.165, 1.54) is 11.8 Å². The van der Waals surface area contributed by atoms with Gasteiger partial charge in [0.2, 0.25) is 5.16 Å². The summed E-state index contributed by atoms with van der Waals surface area (Å²) < 4.78 is 1.65. The van der Waals surface area contributed by atoms with Crippen molar-refractivity contribution in [3.05, 3.63) is 65.9 Å². The van der Waals surface area contributed by atoms with Gasteiger partial charge in [0.15, 0.2) is 5.78 Å². The van der Waals surface area contributed by atoms with Gasteiger partial charge in [-0.25, -0.2) is 0 Å². The Kier molecular flexibility index (Phi) is 4.30. The Hall–Kier alpha value is -2.93. The number of carbonyl (C=O) groups excluding carboxylic acids is 1. The fourth-order valence-electron chi connectivity index (χ4n) is 2.99. The zero-order valence-electron chi connectivity index (χ0n) is 14.4. The van der Waals surface area contributed by atoms with Gasteiger partial charge in [-0.2, -0.15) is 4.68 Å². The van der Waals surface area contributed by atoms with Crippen LogP contribution in [-0.4, -0.2) is 36.2 Å². The first-order valence-electron chi connectivity index (χ1n) is 8.27. The molecule has 1 atom stereocenters. The number of aryl methyl sites for hydroxylation is 1. The minimum Gasteiger partial charge on any atom is -0.358 e. The van der Waals surface area contributed by atoms with E-state index in [1.54, 1.807) is 4.68 Å². The van der Waals surface area contributed by atoms with Crippen molar-refractivity contribution < 1.29 is 4.79 Å². The van der Waals surface area contributed by atoms with Crippen LogP contribution in [0.3, 0.4) is 0 Å². The molecule has 0 aliphatic carbocycles. The molecular weight excluding hydrogens is 346 g/mol. The average molecular weight is 363 g/mol. The first-order valence-corrected chi connectivity index (χ1v) is 9.15. The molecule has 6 nitrogen and oxygen atoms in total. The number of hydrogen-bond acceptors (Lipinski definition) is 5. The molecule has 0 amide bonds. The number of fused-ring (bicyclic) bond motifs is 1. The third-order valence-corrected chi connectivity index (χ3v) is 5.27. The van der Waals surface area contributed by atoms with Gasteiger partial charge in [0.25, 0.3) is 0 Å².